The highest BCUT2D eigenvalue weighted by molar-refractivity contribution is 9.10. The number of esters is 1. The molecule has 0 aliphatic rings. The van der Waals surface area contributed by atoms with E-state index in [1.165, 1.54) is 11.3 Å². The van der Waals surface area contributed by atoms with Crippen LogP contribution in [0.5, 0.6) is 17.2 Å². The van der Waals surface area contributed by atoms with E-state index in [1.807, 2.05) is 23.6 Å². The summed E-state index contributed by atoms with van der Waals surface area (Å²) in [4.78, 5) is 16.8. The number of hydrogen-bond acceptors (Lipinski definition) is 7. The minimum Gasteiger partial charge on any atom is -0.497 e. The first kappa shape index (κ1) is 21.1. The first-order valence-corrected chi connectivity index (χ1v) is 10.4. The number of carbonyl (C=O) groups is 1. The lowest BCUT2D eigenvalue weighted by atomic mass is 10.1. The van der Waals surface area contributed by atoms with Gasteiger partial charge in [-0.05, 0) is 24.3 Å². The van der Waals surface area contributed by atoms with Gasteiger partial charge in [-0.1, -0.05) is 22.0 Å². The Bertz CT molecular complexity index is 1000. The third-order valence-corrected chi connectivity index (χ3v) is 5.57. The predicted octanol–water partition coefficient (Wildman–Crippen LogP) is 4.88. The maximum atomic E-state index is 12.3. The van der Waals surface area contributed by atoms with E-state index in [2.05, 4.69) is 20.9 Å². The van der Waals surface area contributed by atoms with E-state index < -0.39 is 0 Å². The van der Waals surface area contributed by atoms with E-state index in [0.717, 1.165) is 26.4 Å². The van der Waals surface area contributed by atoms with Gasteiger partial charge in [0.05, 0.1) is 39.0 Å². The molecule has 1 heterocycles. The first-order valence-electron chi connectivity index (χ1n) is 8.69. The second-order valence-electron chi connectivity index (χ2n) is 6.00. The lowest BCUT2D eigenvalue weighted by Crippen LogP contribution is -2.09. The van der Waals surface area contributed by atoms with Crippen LogP contribution in [0.25, 0.3) is 10.6 Å². The van der Waals surface area contributed by atoms with Gasteiger partial charge in [-0.25, -0.2) is 4.98 Å². The highest BCUT2D eigenvalue weighted by Crippen LogP contribution is 2.34. The van der Waals surface area contributed by atoms with E-state index in [-0.39, 0.29) is 19.0 Å². The Morgan fingerprint density at radius 2 is 1.83 bits per heavy atom. The molecule has 0 spiro atoms. The number of nitrogens with zero attached hydrogens (tertiary/aromatic N) is 1. The maximum absolute atomic E-state index is 12.3. The fourth-order valence-corrected chi connectivity index (χ4v) is 3.89. The fraction of sp³-hybridized carbons (Fsp3) is 0.238. The molecule has 0 amide bonds. The summed E-state index contributed by atoms with van der Waals surface area (Å²) in [6.45, 7) is 0.101. The summed E-state index contributed by atoms with van der Waals surface area (Å²) >= 11 is 4.94. The van der Waals surface area contributed by atoms with Gasteiger partial charge in [-0.3, -0.25) is 4.79 Å². The Balaban J connectivity index is 1.64. The van der Waals surface area contributed by atoms with Crippen LogP contribution in [0.4, 0.5) is 0 Å². The third kappa shape index (κ3) is 5.27. The van der Waals surface area contributed by atoms with Gasteiger partial charge >= 0.3 is 5.97 Å². The van der Waals surface area contributed by atoms with Crippen LogP contribution in [0.15, 0.2) is 46.3 Å². The summed E-state index contributed by atoms with van der Waals surface area (Å²) in [6.07, 6.45) is 0.101. The van der Waals surface area contributed by atoms with Crippen molar-refractivity contribution in [3.05, 3.63) is 57.5 Å². The monoisotopic (exact) mass is 477 g/mol. The molecule has 0 bridgehead atoms. The van der Waals surface area contributed by atoms with Crippen molar-refractivity contribution in [3.8, 4) is 27.8 Å². The summed E-state index contributed by atoms with van der Waals surface area (Å²) in [5, 5.41) is 2.67. The smallest absolute Gasteiger partial charge is 0.310 e. The molecule has 29 heavy (non-hydrogen) atoms. The Morgan fingerprint density at radius 1 is 1.03 bits per heavy atom. The van der Waals surface area contributed by atoms with Gasteiger partial charge in [-0.15, -0.1) is 11.3 Å². The molecule has 0 aliphatic heterocycles. The number of aromatic nitrogens is 1. The molecule has 0 radical (unpaired) electrons. The van der Waals surface area contributed by atoms with Crippen molar-refractivity contribution in [3.63, 3.8) is 0 Å². The van der Waals surface area contributed by atoms with E-state index in [9.17, 15) is 4.79 Å². The van der Waals surface area contributed by atoms with E-state index >= 15 is 0 Å². The largest absolute Gasteiger partial charge is 0.497 e. The molecule has 0 saturated carbocycles. The molecule has 8 heteroatoms. The standard InChI is InChI=1S/C21H20BrNO5S/c1-25-16-6-4-13(19(10-16)27-3)8-20(24)28-11-15-12-29-21(23-15)17-9-14(22)5-7-18(17)26-2/h4-7,9-10,12H,8,11H2,1-3H3. The van der Waals surface area contributed by atoms with Crippen molar-refractivity contribution in [2.75, 3.05) is 21.3 Å². The Hall–Kier alpha value is -2.58. The number of halogens is 1. The van der Waals surface area contributed by atoms with Gasteiger partial charge in [0.2, 0.25) is 0 Å². The first-order chi connectivity index (χ1) is 14.0. The Labute approximate surface area is 181 Å². The van der Waals surface area contributed by atoms with Crippen LogP contribution < -0.4 is 14.2 Å². The number of carbonyl (C=O) groups excluding carboxylic acids is 1. The van der Waals surface area contributed by atoms with Crippen LogP contribution in [-0.4, -0.2) is 32.3 Å². The SMILES string of the molecule is COc1ccc(CC(=O)OCc2csc(-c3cc(Br)ccc3OC)n2)c(OC)c1. The molecule has 2 aromatic carbocycles. The average molecular weight is 478 g/mol. The summed E-state index contributed by atoms with van der Waals surface area (Å²) in [7, 11) is 4.75. The number of rotatable bonds is 8. The molecule has 6 nitrogen and oxygen atoms in total. The zero-order valence-electron chi connectivity index (χ0n) is 16.2. The van der Waals surface area contributed by atoms with Crippen molar-refractivity contribution in [1.29, 1.82) is 0 Å². The Kier molecular flexibility index (Phi) is 7.11. The molecule has 0 atom stereocenters. The summed E-state index contributed by atoms with van der Waals surface area (Å²) in [6, 6.07) is 11.0. The molecule has 0 aliphatic carbocycles. The zero-order valence-corrected chi connectivity index (χ0v) is 18.6. The van der Waals surface area contributed by atoms with Gasteiger partial charge in [0.25, 0.3) is 0 Å². The van der Waals surface area contributed by atoms with Crippen LogP contribution in [0.3, 0.4) is 0 Å². The van der Waals surface area contributed by atoms with Crippen LogP contribution in [0.1, 0.15) is 11.3 Å². The molecule has 1 aromatic heterocycles. The van der Waals surface area contributed by atoms with Crippen molar-refractivity contribution in [1.82, 2.24) is 4.98 Å². The minimum absolute atomic E-state index is 0.101. The van der Waals surface area contributed by atoms with Gasteiger partial charge in [0.1, 0.15) is 28.9 Å². The fourth-order valence-electron chi connectivity index (χ4n) is 2.70. The molecular weight excluding hydrogens is 458 g/mol. The number of benzene rings is 2. The molecule has 152 valence electrons. The van der Waals surface area contributed by atoms with Crippen molar-refractivity contribution in [2.24, 2.45) is 0 Å². The van der Waals surface area contributed by atoms with Crippen molar-refractivity contribution in [2.45, 2.75) is 13.0 Å². The maximum Gasteiger partial charge on any atom is 0.310 e. The highest BCUT2D eigenvalue weighted by Gasteiger charge is 2.14. The zero-order chi connectivity index (χ0) is 20.8. The van der Waals surface area contributed by atoms with E-state index in [4.69, 9.17) is 18.9 Å². The second kappa shape index (κ2) is 9.76. The molecule has 0 saturated heterocycles. The molecule has 3 aromatic rings. The predicted molar refractivity (Wildman–Crippen MR) is 115 cm³/mol. The van der Waals surface area contributed by atoms with Gasteiger partial charge in [0, 0.05) is 21.5 Å². The topological polar surface area (TPSA) is 66.9 Å². The summed E-state index contributed by atoms with van der Waals surface area (Å²) in [5.41, 5.74) is 2.30. The van der Waals surface area contributed by atoms with E-state index in [0.29, 0.717) is 17.2 Å². The van der Waals surface area contributed by atoms with Crippen LogP contribution in [0, 0.1) is 0 Å². The highest BCUT2D eigenvalue weighted by atomic mass is 79.9. The lowest BCUT2D eigenvalue weighted by Gasteiger charge is -2.10. The molecule has 0 N–H and O–H groups in total. The van der Waals surface area contributed by atoms with Crippen molar-refractivity contribution < 1.29 is 23.7 Å². The normalized spacial score (nSPS) is 10.5. The molecule has 3 rings (SSSR count). The Morgan fingerprint density at radius 3 is 2.55 bits per heavy atom. The summed E-state index contributed by atoms with van der Waals surface area (Å²) < 4.78 is 22.2. The molecule has 0 fully saturated rings. The quantitative estimate of drug-likeness (QED) is 0.430. The van der Waals surface area contributed by atoms with Gasteiger partial charge in [-0.2, -0.15) is 0 Å². The molecular formula is C21H20BrNO5S. The molecule has 0 unspecified atom stereocenters. The third-order valence-electron chi connectivity index (χ3n) is 4.15. The number of hydrogen-bond donors (Lipinski definition) is 0. The minimum atomic E-state index is -0.358. The summed E-state index contributed by atoms with van der Waals surface area (Å²) in [5.74, 6) is 1.62. The van der Waals surface area contributed by atoms with Crippen LogP contribution in [0.2, 0.25) is 0 Å². The van der Waals surface area contributed by atoms with Gasteiger partial charge in [0.15, 0.2) is 0 Å². The van der Waals surface area contributed by atoms with Crippen molar-refractivity contribution >= 4 is 33.2 Å². The number of thiazole rings is 1. The van der Waals surface area contributed by atoms with Crippen LogP contribution in [-0.2, 0) is 22.6 Å². The second-order valence-corrected chi connectivity index (χ2v) is 7.78. The lowest BCUT2D eigenvalue weighted by molar-refractivity contribution is -0.144. The van der Waals surface area contributed by atoms with Crippen LogP contribution >= 0.6 is 27.3 Å². The number of methoxy groups -OCH3 is 3. The average Bonchev–Trinajstić information content (AvgIpc) is 3.21. The van der Waals surface area contributed by atoms with E-state index in [1.54, 1.807) is 39.5 Å². The number of ether oxygens (including phenoxy) is 4. The van der Waals surface area contributed by atoms with Gasteiger partial charge < -0.3 is 18.9 Å².